The molecule has 0 spiro atoms. The second-order valence-electron chi connectivity index (χ2n) is 7.16. The minimum Gasteiger partial charge on any atom is -0.309 e. The lowest BCUT2D eigenvalue weighted by Crippen LogP contribution is -2.18. The predicted octanol–water partition coefficient (Wildman–Crippen LogP) is 3.74. The lowest BCUT2D eigenvalue weighted by Gasteiger charge is -2.17. The fraction of sp³-hybridized carbons (Fsp3) is 0.286. The minimum absolute atomic E-state index is 0.268. The number of nitrogens with zero attached hydrogens (tertiary/aromatic N) is 5. The zero-order valence-electron chi connectivity index (χ0n) is 16.1. The van der Waals surface area contributed by atoms with Gasteiger partial charge in [0, 0.05) is 36.6 Å². The second-order valence-corrected chi connectivity index (χ2v) is 7.16. The molecule has 0 unspecified atom stereocenters. The maximum Gasteiger partial charge on any atom is 0.416 e. The molecule has 2 aromatic heterocycles. The van der Waals surface area contributed by atoms with E-state index in [1.54, 1.807) is 30.6 Å². The third-order valence-corrected chi connectivity index (χ3v) is 4.83. The Bertz CT molecular complexity index is 1050. The highest BCUT2D eigenvalue weighted by atomic mass is 19.4. The van der Waals surface area contributed by atoms with Crippen LogP contribution in [0.3, 0.4) is 0 Å². The van der Waals surface area contributed by atoms with Crippen molar-refractivity contribution in [3.63, 3.8) is 0 Å². The van der Waals surface area contributed by atoms with Crippen molar-refractivity contribution in [2.24, 2.45) is 4.99 Å². The molecule has 1 aliphatic heterocycles. The number of pyridine rings is 1. The highest BCUT2D eigenvalue weighted by molar-refractivity contribution is 6.14. The molecule has 3 aromatic rings. The molecule has 0 amide bonds. The summed E-state index contributed by atoms with van der Waals surface area (Å²) in [5, 5.41) is 0. The SMILES string of the molecule is CN(C)CCc1cnc2n1-c1ccc(C(F)(F)F)cc1C(c1ccccn1)=NC2. The van der Waals surface area contributed by atoms with E-state index in [1.165, 1.54) is 6.07 Å². The third kappa shape index (κ3) is 3.80. The average Bonchev–Trinajstić information content (AvgIpc) is 3.01. The average molecular weight is 399 g/mol. The van der Waals surface area contributed by atoms with E-state index in [-0.39, 0.29) is 6.54 Å². The van der Waals surface area contributed by atoms with Gasteiger partial charge in [0.25, 0.3) is 0 Å². The van der Waals surface area contributed by atoms with Gasteiger partial charge in [-0.15, -0.1) is 0 Å². The number of halogens is 3. The Morgan fingerprint density at radius 2 is 1.93 bits per heavy atom. The first-order valence-electron chi connectivity index (χ1n) is 9.22. The van der Waals surface area contributed by atoms with Crippen LogP contribution in [0, 0.1) is 0 Å². The molecule has 0 aliphatic carbocycles. The van der Waals surface area contributed by atoms with Crippen LogP contribution >= 0.6 is 0 Å². The van der Waals surface area contributed by atoms with Crippen LogP contribution in [0.5, 0.6) is 0 Å². The fourth-order valence-electron chi connectivity index (χ4n) is 3.40. The monoisotopic (exact) mass is 399 g/mol. The van der Waals surface area contributed by atoms with E-state index in [9.17, 15) is 13.2 Å². The van der Waals surface area contributed by atoms with Gasteiger partial charge in [0.15, 0.2) is 0 Å². The number of aromatic nitrogens is 3. The van der Waals surface area contributed by atoms with Crippen LogP contribution in [-0.4, -0.2) is 45.8 Å². The Hall–Kier alpha value is -3.00. The molecule has 4 rings (SSSR count). The number of imidazole rings is 1. The van der Waals surface area contributed by atoms with Crippen LogP contribution in [0.4, 0.5) is 13.2 Å². The largest absolute Gasteiger partial charge is 0.416 e. The van der Waals surface area contributed by atoms with Crippen molar-refractivity contribution in [3.05, 3.63) is 77.1 Å². The smallest absolute Gasteiger partial charge is 0.309 e. The summed E-state index contributed by atoms with van der Waals surface area (Å²) in [6, 6.07) is 9.09. The molecule has 150 valence electrons. The van der Waals surface area contributed by atoms with Crippen LogP contribution in [-0.2, 0) is 19.1 Å². The summed E-state index contributed by atoms with van der Waals surface area (Å²) in [4.78, 5) is 15.5. The number of fused-ring (bicyclic) bond motifs is 3. The van der Waals surface area contributed by atoms with Crippen molar-refractivity contribution < 1.29 is 13.2 Å². The van der Waals surface area contributed by atoms with E-state index < -0.39 is 11.7 Å². The van der Waals surface area contributed by atoms with E-state index in [1.807, 2.05) is 18.7 Å². The molecule has 0 radical (unpaired) electrons. The molecule has 5 nitrogen and oxygen atoms in total. The first kappa shape index (κ1) is 19.3. The van der Waals surface area contributed by atoms with Gasteiger partial charge in [-0.2, -0.15) is 13.2 Å². The van der Waals surface area contributed by atoms with E-state index in [4.69, 9.17) is 0 Å². The first-order chi connectivity index (χ1) is 13.8. The molecule has 1 aliphatic rings. The highest BCUT2D eigenvalue weighted by Crippen LogP contribution is 2.34. The van der Waals surface area contributed by atoms with Gasteiger partial charge >= 0.3 is 6.18 Å². The van der Waals surface area contributed by atoms with E-state index in [2.05, 4.69) is 19.9 Å². The summed E-state index contributed by atoms with van der Waals surface area (Å²) in [6.45, 7) is 1.07. The van der Waals surface area contributed by atoms with Crippen molar-refractivity contribution >= 4 is 5.71 Å². The summed E-state index contributed by atoms with van der Waals surface area (Å²) in [6.07, 6.45) is -0.333. The van der Waals surface area contributed by atoms with Gasteiger partial charge in [-0.3, -0.25) is 14.5 Å². The van der Waals surface area contributed by atoms with E-state index >= 15 is 0 Å². The Balaban J connectivity index is 1.91. The van der Waals surface area contributed by atoms with Crippen LogP contribution < -0.4 is 0 Å². The molecule has 0 fully saturated rings. The first-order valence-corrected chi connectivity index (χ1v) is 9.22. The quantitative estimate of drug-likeness (QED) is 0.672. The Labute approximate surface area is 166 Å². The summed E-state index contributed by atoms with van der Waals surface area (Å²) < 4.78 is 42.2. The number of rotatable bonds is 4. The molecule has 0 saturated carbocycles. The number of hydrogen-bond acceptors (Lipinski definition) is 4. The van der Waals surface area contributed by atoms with Gasteiger partial charge in [-0.1, -0.05) is 6.07 Å². The standard InChI is InChI=1S/C21H20F3N5/c1-28(2)10-8-15-12-26-19-13-27-20(17-5-3-4-9-25-17)16-11-14(21(22,23)24)6-7-18(16)29(15)19/h3-7,9,11-12H,8,10,13H2,1-2H3. The van der Waals surface area contributed by atoms with Gasteiger partial charge < -0.3 is 4.90 Å². The molecule has 29 heavy (non-hydrogen) atoms. The minimum atomic E-state index is -4.44. The number of alkyl halides is 3. The number of likely N-dealkylation sites (N-methyl/N-ethyl adjacent to an activating group) is 1. The molecule has 0 atom stereocenters. The second kappa shape index (κ2) is 7.44. The number of benzene rings is 1. The lowest BCUT2D eigenvalue weighted by atomic mass is 10.0. The normalized spacial score (nSPS) is 13.7. The fourth-order valence-corrected chi connectivity index (χ4v) is 3.40. The zero-order chi connectivity index (χ0) is 20.6. The Morgan fingerprint density at radius 3 is 2.62 bits per heavy atom. The van der Waals surface area contributed by atoms with Crippen LogP contribution in [0.2, 0.25) is 0 Å². The Kier molecular flexibility index (Phi) is 4.96. The van der Waals surface area contributed by atoms with Gasteiger partial charge in [-0.05, 0) is 44.4 Å². The summed E-state index contributed by atoms with van der Waals surface area (Å²) in [7, 11) is 3.96. The molecule has 3 heterocycles. The highest BCUT2D eigenvalue weighted by Gasteiger charge is 2.33. The van der Waals surface area contributed by atoms with E-state index in [0.29, 0.717) is 28.5 Å². The molecule has 0 N–H and O–H groups in total. The third-order valence-electron chi connectivity index (χ3n) is 4.83. The van der Waals surface area contributed by atoms with Crippen molar-refractivity contribution in [3.8, 4) is 5.69 Å². The van der Waals surface area contributed by atoms with E-state index in [0.717, 1.165) is 30.8 Å². The van der Waals surface area contributed by atoms with Gasteiger partial charge in [0.2, 0.25) is 0 Å². The van der Waals surface area contributed by atoms with Crippen molar-refractivity contribution in [1.82, 2.24) is 19.4 Å². The molecule has 0 saturated heterocycles. The van der Waals surface area contributed by atoms with Crippen molar-refractivity contribution in [2.75, 3.05) is 20.6 Å². The molecule has 1 aromatic carbocycles. The van der Waals surface area contributed by atoms with Gasteiger partial charge in [0.05, 0.1) is 29.2 Å². The molecule has 8 heteroatoms. The Morgan fingerprint density at radius 1 is 1.10 bits per heavy atom. The summed E-state index contributed by atoms with van der Waals surface area (Å²) >= 11 is 0. The van der Waals surface area contributed by atoms with Crippen molar-refractivity contribution in [2.45, 2.75) is 19.1 Å². The maximum absolute atomic E-state index is 13.4. The maximum atomic E-state index is 13.4. The zero-order valence-corrected chi connectivity index (χ0v) is 16.1. The summed E-state index contributed by atoms with van der Waals surface area (Å²) in [5.74, 6) is 0.700. The summed E-state index contributed by atoms with van der Waals surface area (Å²) in [5.41, 5.74) is 2.25. The number of hydrogen-bond donors (Lipinski definition) is 0. The molecular weight excluding hydrogens is 379 g/mol. The van der Waals surface area contributed by atoms with Crippen LogP contribution in [0.25, 0.3) is 5.69 Å². The van der Waals surface area contributed by atoms with Gasteiger partial charge in [0.1, 0.15) is 5.82 Å². The van der Waals surface area contributed by atoms with Gasteiger partial charge in [-0.25, -0.2) is 4.98 Å². The molecular formula is C21H20F3N5. The van der Waals surface area contributed by atoms with Crippen molar-refractivity contribution in [1.29, 1.82) is 0 Å². The number of aliphatic imine (C=N–C) groups is 1. The van der Waals surface area contributed by atoms with Crippen LogP contribution in [0.15, 0.2) is 53.8 Å². The lowest BCUT2D eigenvalue weighted by molar-refractivity contribution is -0.137. The molecule has 0 bridgehead atoms. The van der Waals surface area contributed by atoms with Crippen LogP contribution in [0.1, 0.15) is 28.3 Å². The predicted molar refractivity (Wildman–Crippen MR) is 104 cm³/mol. The topological polar surface area (TPSA) is 46.3 Å².